The van der Waals surface area contributed by atoms with E-state index in [9.17, 15) is 8.42 Å². The van der Waals surface area contributed by atoms with E-state index in [1.165, 1.54) is 21.3 Å². The highest BCUT2D eigenvalue weighted by atomic mass is 35.5. The van der Waals surface area contributed by atoms with Crippen molar-refractivity contribution >= 4 is 33.2 Å². The van der Waals surface area contributed by atoms with Gasteiger partial charge < -0.3 is 4.90 Å². The lowest BCUT2D eigenvalue weighted by Crippen LogP contribution is -3.13. The number of hydrogen-bond donors (Lipinski definition) is 1. The Hall–Kier alpha value is -1.26. The van der Waals surface area contributed by atoms with Crippen LogP contribution in [-0.2, 0) is 23.1 Å². The molecule has 8 nitrogen and oxygen atoms in total. The van der Waals surface area contributed by atoms with Gasteiger partial charge in [0.1, 0.15) is 11.4 Å². The van der Waals surface area contributed by atoms with Crippen molar-refractivity contribution in [2.75, 3.05) is 26.2 Å². The number of quaternary nitrogens is 1. The molecule has 1 aromatic carbocycles. The Bertz CT molecular complexity index is 845. The Kier molecular flexibility index (Phi) is 6.13. The van der Waals surface area contributed by atoms with E-state index in [0.717, 1.165) is 18.8 Å². The first-order chi connectivity index (χ1) is 12.4. The minimum absolute atomic E-state index is 0.0151. The topological polar surface area (TPSA) is 85.4 Å². The number of aromatic nitrogens is 4. The zero-order chi connectivity index (χ0) is 18.7. The van der Waals surface area contributed by atoms with E-state index in [1.807, 2.05) is 0 Å². The Morgan fingerprint density at radius 3 is 2.46 bits per heavy atom. The van der Waals surface area contributed by atoms with Crippen LogP contribution in [0.4, 0.5) is 0 Å². The van der Waals surface area contributed by atoms with Gasteiger partial charge in [0.15, 0.2) is 0 Å². The van der Waals surface area contributed by atoms with Gasteiger partial charge in [-0.25, -0.2) is 13.1 Å². The van der Waals surface area contributed by atoms with Gasteiger partial charge in [0, 0.05) is 6.54 Å². The average molecular weight is 420 g/mol. The fourth-order valence-electron chi connectivity index (χ4n) is 3.04. The van der Waals surface area contributed by atoms with E-state index < -0.39 is 10.0 Å². The lowest BCUT2D eigenvalue weighted by atomic mass is 10.3. The van der Waals surface area contributed by atoms with Crippen LogP contribution in [0.2, 0.25) is 10.0 Å². The predicted octanol–water partition coefficient (Wildman–Crippen LogP) is 0.479. The number of tetrazole rings is 1. The summed E-state index contributed by atoms with van der Waals surface area (Å²) in [5.41, 5.74) is 0. The summed E-state index contributed by atoms with van der Waals surface area (Å²) in [6, 6.07) is 4.71. The van der Waals surface area contributed by atoms with Crippen LogP contribution in [0.25, 0.3) is 0 Å². The van der Waals surface area contributed by atoms with Crippen molar-refractivity contribution in [3.05, 3.63) is 34.1 Å². The molecular weight excluding hydrogens is 399 g/mol. The van der Waals surface area contributed by atoms with Gasteiger partial charge >= 0.3 is 0 Å². The third kappa shape index (κ3) is 4.01. The zero-order valence-corrected chi connectivity index (χ0v) is 16.7. The lowest BCUT2D eigenvalue weighted by molar-refractivity contribution is -0.918. The quantitative estimate of drug-likeness (QED) is 0.735. The van der Waals surface area contributed by atoms with Crippen LogP contribution in [0.5, 0.6) is 0 Å². The number of rotatable bonds is 6. The molecule has 0 amide bonds. The third-order valence-corrected chi connectivity index (χ3v) is 7.25. The summed E-state index contributed by atoms with van der Waals surface area (Å²) in [6.45, 7) is 5.65. The fraction of sp³-hybridized carbons (Fsp3) is 0.533. The van der Waals surface area contributed by atoms with Crippen molar-refractivity contribution in [2.45, 2.75) is 31.3 Å². The Morgan fingerprint density at radius 1 is 1.19 bits per heavy atom. The monoisotopic (exact) mass is 419 g/mol. The van der Waals surface area contributed by atoms with Gasteiger partial charge in [-0.05, 0) is 29.0 Å². The van der Waals surface area contributed by atoms with Crippen LogP contribution in [0.15, 0.2) is 23.1 Å². The van der Waals surface area contributed by atoms with Gasteiger partial charge in [-0.3, -0.25) is 0 Å². The second-order valence-electron chi connectivity index (χ2n) is 6.20. The number of nitrogens with zero attached hydrogens (tertiary/aromatic N) is 5. The Balaban J connectivity index is 1.67. The third-order valence-electron chi connectivity index (χ3n) is 4.40. The molecule has 1 saturated heterocycles. The zero-order valence-electron chi connectivity index (χ0n) is 14.4. The standard InChI is InChI=1S/C15H20Cl2N6O2S/c1-2-6-23-14(18-19-20-23)11-21-7-9-22(10-8-21)26(24,25)15-12(16)4-3-5-13(15)17/h3-5H,2,6-11H2,1H3/p+1. The second kappa shape index (κ2) is 8.18. The van der Waals surface area contributed by atoms with Crippen LogP contribution in [0.3, 0.4) is 0 Å². The summed E-state index contributed by atoms with van der Waals surface area (Å²) in [5.74, 6) is 0.826. The highest BCUT2D eigenvalue weighted by molar-refractivity contribution is 7.89. The number of nitrogens with one attached hydrogen (secondary N) is 1. The summed E-state index contributed by atoms with van der Waals surface area (Å²) in [6.07, 6.45) is 0.956. The largest absolute Gasteiger partial charge is 0.326 e. The number of benzene rings is 1. The van der Waals surface area contributed by atoms with Gasteiger partial charge in [-0.2, -0.15) is 4.31 Å². The maximum atomic E-state index is 12.9. The van der Waals surface area contributed by atoms with E-state index in [4.69, 9.17) is 23.2 Å². The molecule has 142 valence electrons. The minimum Gasteiger partial charge on any atom is -0.326 e. The molecule has 0 aliphatic carbocycles. The first-order valence-corrected chi connectivity index (χ1v) is 10.7. The fourth-order valence-corrected chi connectivity index (χ4v) is 5.57. The van der Waals surface area contributed by atoms with Crippen LogP contribution in [-0.4, -0.2) is 59.1 Å². The van der Waals surface area contributed by atoms with Crippen LogP contribution in [0.1, 0.15) is 19.2 Å². The summed E-state index contributed by atoms with van der Waals surface area (Å²) >= 11 is 12.2. The highest BCUT2D eigenvalue weighted by Gasteiger charge is 2.33. The van der Waals surface area contributed by atoms with Crippen molar-refractivity contribution in [3.63, 3.8) is 0 Å². The summed E-state index contributed by atoms with van der Waals surface area (Å²) < 4.78 is 29.1. The Morgan fingerprint density at radius 2 is 1.85 bits per heavy atom. The van der Waals surface area contributed by atoms with E-state index in [2.05, 4.69) is 22.4 Å². The number of hydrogen-bond acceptors (Lipinski definition) is 5. The van der Waals surface area contributed by atoms with Crippen LogP contribution < -0.4 is 4.90 Å². The van der Waals surface area contributed by atoms with Gasteiger partial charge in [-0.1, -0.05) is 36.2 Å². The van der Waals surface area contributed by atoms with Gasteiger partial charge in [0.2, 0.25) is 15.8 Å². The number of halogens is 2. The van der Waals surface area contributed by atoms with Gasteiger partial charge in [0.25, 0.3) is 0 Å². The van der Waals surface area contributed by atoms with E-state index >= 15 is 0 Å². The van der Waals surface area contributed by atoms with Crippen molar-refractivity contribution in [1.82, 2.24) is 24.5 Å². The second-order valence-corrected chi connectivity index (χ2v) is 8.89. The SMILES string of the molecule is CCCn1nnnc1C[NH+]1CCN(S(=O)(=O)c2c(Cl)cccc2Cl)CC1. The molecule has 0 atom stereocenters. The molecule has 0 bridgehead atoms. The van der Waals surface area contributed by atoms with Crippen molar-refractivity contribution in [3.8, 4) is 0 Å². The lowest BCUT2D eigenvalue weighted by Gasteiger charge is -2.31. The summed E-state index contributed by atoms with van der Waals surface area (Å²) in [5, 5.41) is 12.1. The van der Waals surface area contributed by atoms with Crippen molar-refractivity contribution in [1.29, 1.82) is 0 Å². The molecular formula is C15H21Cl2N6O2S+. The van der Waals surface area contributed by atoms with Gasteiger partial charge in [0.05, 0.1) is 36.2 Å². The number of sulfonamides is 1. The first kappa shape index (κ1) is 19.5. The average Bonchev–Trinajstić information content (AvgIpc) is 3.02. The molecule has 0 spiro atoms. The number of piperazine rings is 1. The maximum Gasteiger partial charge on any atom is 0.246 e. The first-order valence-electron chi connectivity index (χ1n) is 8.46. The van der Waals surface area contributed by atoms with Crippen molar-refractivity contribution in [2.24, 2.45) is 0 Å². The van der Waals surface area contributed by atoms with Crippen LogP contribution in [0, 0.1) is 0 Å². The molecule has 0 saturated carbocycles. The van der Waals surface area contributed by atoms with Crippen molar-refractivity contribution < 1.29 is 13.3 Å². The molecule has 1 aliphatic heterocycles. The molecule has 1 aromatic heterocycles. The molecule has 3 rings (SSSR count). The molecule has 0 unspecified atom stereocenters. The molecule has 11 heteroatoms. The molecule has 2 heterocycles. The smallest absolute Gasteiger partial charge is 0.246 e. The van der Waals surface area contributed by atoms with Gasteiger partial charge in [-0.15, -0.1) is 5.10 Å². The summed E-state index contributed by atoms with van der Waals surface area (Å²) in [4.78, 5) is 1.23. The molecule has 1 aliphatic rings. The Labute approximate surface area is 162 Å². The summed E-state index contributed by atoms with van der Waals surface area (Å²) in [7, 11) is -3.72. The van der Waals surface area contributed by atoms with E-state index in [1.54, 1.807) is 10.7 Å². The van der Waals surface area contributed by atoms with E-state index in [-0.39, 0.29) is 14.9 Å². The molecule has 0 radical (unpaired) electrons. The van der Waals surface area contributed by atoms with Crippen LogP contribution >= 0.6 is 23.2 Å². The number of aryl methyl sites for hydroxylation is 1. The highest BCUT2D eigenvalue weighted by Crippen LogP contribution is 2.31. The minimum atomic E-state index is -3.72. The molecule has 1 N–H and O–H groups in total. The maximum absolute atomic E-state index is 12.9. The molecule has 26 heavy (non-hydrogen) atoms. The normalized spacial score (nSPS) is 16.9. The van der Waals surface area contributed by atoms with E-state index in [0.29, 0.717) is 32.7 Å². The molecule has 2 aromatic rings. The predicted molar refractivity (Wildman–Crippen MR) is 97.7 cm³/mol. The molecule has 1 fully saturated rings.